The van der Waals surface area contributed by atoms with Gasteiger partial charge in [-0.3, -0.25) is 0 Å². The molecule has 2 aliphatic rings. The summed E-state index contributed by atoms with van der Waals surface area (Å²) in [6.45, 7) is -1.46. The van der Waals surface area contributed by atoms with Gasteiger partial charge >= 0.3 is 0 Å². The summed E-state index contributed by atoms with van der Waals surface area (Å²) in [5.74, 6) is 0. The number of aliphatic hydroxyl groups excluding tert-OH is 7. The number of aliphatic hydroxyl groups is 7. The first kappa shape index (κ1) is 17.9. The van der Waals surface area contributed by atoms with E-state index >= 15 is 0 Å². The molecule has 2 rings (SSSR count). The molecule has 10 heteroatoms. The molecule has 0 aromatic rings. The number of rotatable bonds is 3. The van der Waals surface area contributed by atoms with Crippen LogP contribution in [0.1, 0.15) is 0 Å². The van der Waals surface area contributed by atoms with E-state index in [4.69, 9.17) is 19.7 Å². The van der Waals surface area contributed by atoms with E-state index in [1.54, 1.807) is 0 Å². The third-order valence-corrected chi connectivity index (χ3v) is 4.13. The van der Waals surface area contributed by atoms with Crippen molar-refractivity contribution in [2.75, 3.05) is 13.2 Å². The van der Waals surface area contributed by atoms with Crippen LogP contribution in [0.4, 0.5) is 4.39 Å². The molecule has 22 heavy (non-hydrogen) atoms. The number of alkyl halides is 1. The normalized spacial score (nSPS) is 53.5. The van der Waals surface area contributed by atoms with Gasteiger partial charge in [0.15, 0.2) is 6.17 Å². The molecule has 0 aromatic carbocycles. The fourth-order valence-electron chi connectivity index (χ4n) is 2.78. The summed E-state index contributed by atoms with van der Waals surface area (Å²) in [7, 11) is 0. The van der Waals surface area contributed by atoms with Gasteiger partial charge in [-0.1, -0.05) is 0 Å². The Morgan fingerprint density at radius 1 is 0.636 bits per heavy atom. The van der Waals surface area contributed by atoms with Crippen LogP contribution in [-0.4, -0.2) is 110 Å². The second-order valence-corrected chi connectivity index (χ2v) is 5.54. The maximum absolute atomic E-state index is 13.7. The molecule has 0 amide bonds. The second-order valence-electron chi connectivity index (χ2n) is 5.54. The van der Waals surface area contributed by atoms with Crippen LogP contribution in [0.5, 0.6) is 0 Å². The van der Waals surface area contributed by atoms with E-state index in [1.165, 1.54) is 0 Å². The predicted molar refractivity (Wildman–Crippen MR) is 66.4 cm³/mol. The van der Waals surface area contributed by atoms with Crippen molar-refractivity contribution in [1.29, 1.82) is 0 Å². The largest absolute Gasteiger partial charge is 0.394 e. The Morgan fingerprint density at radius 2 is 1.09 bits per heavy atom. The zero-order valence-electron chi connectivity index (χ0n) is 11.5. The van der Waals surface area contributed by atoms with Gasteiger partial charge < -0.3 is 45.2 Å². The van der Waals surface area contributed by atoms with Crippen molar-refractivity contribution >= 4 is 0 Å². The van der Waals surface area contributed by atoms with Gasteiger partial charge in [-0.25, -0.2) is 4.39 Å². The average molecular weight is 328 g/mol. The Hall–Kier alpha value is -0.430. The lowest BCUT2D eigenvalue weighted by Gasteiger charge is -2.47. The highest BCUT2D eigenvalue weighted by atomic mass is 19.1. The van der Waals surface area contributed by atoms with Gasteiger partial charge in [0.25, 0.3) is 0 Å². The summed E-state index contributed by atoms with van der Waals surface area (Å²) in [5, 5.41) is 67.1. The summed E-state index contributed by atoms with van der Waals surface area (Å²) >= 11 is 0. The van der Waals surface area contributed by atoms with Crippen molar-refractivity contribution in [3.63, 3.8) is 0 Å². The Bertz CT molecular complexity index is 335. The van der Waals surface area contributed by atoms with E-state index in [2.05, 4.69) is 0 Å². The number of ether oxygens (including phenoxy) is 2. The summed E-state index contributed by atoms with van der Waals surface area (Å²) < 4.78 is 24.0. The number of hydrogen-bond donors (Lipinski definition) is 7. The van der Waals surface area contributed by atoms with Crippen molar-refractivity contribution in [3.8, 4) is 0 Å². The molecular formula is C12H21FO9. The molecule has 2 heterocycles. The fourth-order valence-corrected chi connectivity index (χ4v) is 2.78. The molecule has 130 valence electrons. The van der Waals surface area contributed by atoms with Crippen LogP contribution in [0.2, 0.25) is 0 Å². The molecule has 0 aliphatic carbocycles. The lowest BCUT2D eigenvalue weighted by molar-refractivity contribution is -0.296. The van der Waals surface area contributed by atoms with E-state index in [-0.39, 0.29) is 0 Å². The van der Waals surface area contributed by atoms with Gasteiger partial charge in [0.1, 0.15) is 54.9 Å². The van der Waals surface area contributed by atoms with Crippen LogP contribution in [0, 0.1) is 0 Å². The predicted octanol–water partition coefficient (Wildman–Crippen LogP) is -4.35. The molecule has 2 fully saturated rings. The van der Waals surface area contributed by atoms with E-state index in [9.17, 15) is 29.9 Å². The summed E-state index contributed by atoms with van der Waals surface area (Å²) in [6, 6.07) is 0. The molecule has 0 bridgehead atoms. The van der Waals surface area contributed by atoms with Gasteiger partial charge in [-0.2, -0.15) is 0 Å². The van der Waals surface area contributed by atoms with Crippen LogP contribution in [-0.2, 0) is 9.47 Å². The molecule has 2 aliphatic heterocycles. The van der Waals surface area contributed by atoms with Crippen molar-refractivity contribution in [2.24, 2.45) is 0 Å². The van der Waals surface area contributed by atoms with Crippen molar-refractivity contribution in [2.45, 2.75) is 61.1 Å². The standard InChI is InChI=1S/C12H21FO9/c13-5-3(1-14)21-11(9(19)7(5)17)12-10(20)8(18)6(16)4(2-15)22-12/h3-12,14-20H,1-2H2/t3-,4-,5-,6+,7+,8+,9-,10-,11-,12?/m1/s1. The van der Waals surface area contributed by atoms with E-state index in [0.29, 0.717) is 0 Å². The highest BCUT2D eigenvalue weighted by Crippen LogP contribution is 2.32. The Balaban J connectivity index is 2.21. The molecule has 1 unspecified atom stereocenters. The summed E-state index contributed by atoms with van der Waals surface area (Å²) in [6.07, 6.45) is -16.3. The van der Waals surface area contributed by atoms with Crippen LogP contribution >= 0.6 is 0 Å². The van der Waals surface area contributed by atoms with Crippen molar-refractivity contribution in [3.05, 3.63) is 0 Å². The first-order valence-electron chi connectivity index (χ1n) is 6.90. The highest BCUT2D eigenvalue weighted by molar-refractivity contribution is 5.02. The topological polar surface area (TPSA) is 160 Å². The minimum absolute atomic E-state index is 0.679. The number of hydrogen-bond acceptors (Lipinski definition) is 9. The van der Waals surface area contributed by atoms with E-state index in [0.717, 1.165) is 0 Å². The maximum atomic E-state index is 13.7. The summed E-state index contributed by atoms with van der Waals surface area (Å²) in [4.78, 5) is 0. The minimum Gasteiger partial charge on any atom is -0.394 e. The first-order chi connectivity index (χ1) is 10.3. The molecule has 7 N–H and O–H groups in total. The molecule has 0 spiro atoms. The van der Waals surface area contributed by atoms with Gasteiger partial charge in [0.2, 0.25) is 0 Å². The highest BCUT2D eigenvalue weighted by Gasteiger charge is 2.54. The summed E-state index contributed by atoms with van der Waals surface area (Å²) in [5.41, 5.74) is 0. The van der Waals surface area contributed by atoms with E-state index in [1.807, 2.05) is 0 Å². The van der Waals surface area contributed by atoms with Gasteiger partial charge in [-0.05, 0) is 0 Å². The van der Waals surface area contributed by atoms with Gasteiger partial charge in [-0.15, -0.1) is 0 Å². The molecule has 9 nitrogen and oxygen atoms in total. The van der Waals surface area contributed by atoms with E-state index < -0.39 is 74.3 Å². The lowest BCUT2D eigenvalue weighted by Crippen LogP contribution is -2.68. The monoisotopic (exact) mass is 328 g/mol. The average Bonchev–Trinajstić information content (AvgIpc) is 2.52. The lowest BCUT2D eigenvalue weighted by atomic mass is 9.86. The Morgan fingerprint density at radius 3 is 1.59 bits per heavy atom. The van der Waals surface area contributed by atoms with Crippen LogP contribution in [0.15, 0.2) is 0 Å². The third-order valence-electron chi connectivity index (χ3n) is 4.13. The first-order valence-corrected chi connectivity index (χ1v) is 6.90. The zero-order chi connectivity index (χ0) is 16.6. The fraction of sp³-hybridized carbons (Fsp3) is 1.00. The number of halogens is 1. The Kier molecular flexibility index (Phi) is 5.69. The van der Waals surface area contributed by atoms with Crippen LogP contribution in [0.25, 0.3) is 0 Å². The van der Waals surface area contributed by atoms with Crippen LogP contribution < -0.4 is 0 Å². The van der Waals surface area contributed by atoms with Crippen molar-refractivity contribution < 1.29 is 49.6 Å². The zero-order valence-corrected chi connectivity index (χ0v) is 11.5. The van der Waals surface area contributed by atoms with Gasteiger partial charge in [0.05, 0.1) is 13.2 Å². The Labute approximate surface area is 125 Å². The molecule has 10 atom stereocenters. The quantitative estimate of drug-likeness (QED) is 0.272. The second kappa shape index (κ2) is 6.99. The molecule has 0 saturated carbocycles. The smallest absolute Gasteiger partial charge is 0.157 e. The third kappa shape index (κ3) is 2.98. The minimum atomic E-state index is -2.04. The van der Waals surface area contributed by atoms with Crippen LogP contribution in [0.3, 0.4) is 0 Å². The molecule has 0 aromatic heterocycles. The SMILES string of the molecule is OC[C@H]1OC([C@@H]2O[C@H](CO)[C@@H](F)[C@H](O)[C@H]2O)[C@H](O)[C@@H](O)[C@H]1O. The molecular weight excluding hydrogens is 307 g/mol. The van der Waals surface area contributed by atoms with Crippen molar-refractivity contribution in [1.82, 2.24) is 0 Å². The van der Waals surface area contributed by atoms with Gasteiger partial charge in [0, 0.05) is 0 Å². The maximum Gasteiger partial charge on any atom is 0.157 e. The molecule has 0 radical (unpaired) electrons. The molecule has 2 saturated heterocycles.